The van der Waals surface area contributed by atoms with E-state index in [-0.39, 0.29) is 29.8 Å². The number of hydrogen-bond donors (Lipinski definition) is 3. The zero-order valence-corrected chi connectivity index (χ0v) is 17.4. The average molecular weight is 442 g/mol. The average Bonchev–Trinajstić information content (AvgIpc) is 3.41. The fourth-order valence-corrected chi connectivity index (χ4v) is 2.59. The predicted molar refractivity (Wildman–Crippen MR) is 115 cm³/mol. The van der Waals surface area contributed by atoms with Gasteiger partial charge in [0.15, 0.2) is 0 Å². The summed E-state index contributed by atoms with van der Waals surface area (Å²) >= 11 is 0. The lowest BCUT2D eigenvalue weighted by atomic mass is 10.2. The van der Waals surface area contributed by atoms with Crippen LogP contribution in [0, 0.1) is 0 Å². The highest BCUT2D eigenvalue weighted by Crippen LogP contribution is 2.21. The molecule has 15 nitrogen and oxygen atoms in total. The van der Waals surface area contributed by atoms with E-state index in [4.69, 9.17) is 11.5 Å². The van der Waals surface area contributed by atoms with Crippen LogP contribution in [0.2, 0.25) is 0 Å². The molecule has 2 aromatic heterocycles. The van der Waals surface area contributed by atoms with Crippen LogP contribution in [0.4, 0.5) is 29.0 Å². The molecule has 168 valence electrons. The molecule has 0 fully saturated rings. The van der Waals surface area contributed by atoms with Crippen LogP contribution < -0.4 is 26.8 Å². The third kappa shape index (κ3) is 5.53. The second-order valence-corrected chi connectivity index (χ2v) is 6.25. The first kappa shape index (κ1) is 22.1. The standard InChI is InChI=1S/C17H22N12O3/c1-3-28(4-2)12-7-5-11(6-8-12)9-20-21-13(30)10-29(17-15(19)24-32-26-17)27-22-16-14(18)23-31-25-16/h5-9H,3-4,10H2,1-2H3,(H2,18,23)(H2,19,24)(H,21,30). The van der Waals surface area contributed by atoms with E-state index >= 15 is 0 Å². The maximum absolute atomic E-state index is 12.3. The number of nitrogens with zero attached hydrogens (tertiary/aromatic N) is 9. The Morgan fingerprint density at radius 2 is 1.75 bits per heavy atom. The molecule has 0 spiro atoms. The normalized spacial score (nSPS) is 11.3. The van der Waals surface area contributed by atoms with Crippen LogP contribution in [0.15, 0.2) is 49.0 Å². The summed E-state index contributed by atoms with van der Waals surface area (Å²) in [6.07, 6.45) is 1.52. The molecule has 1 aromatic carbocycles. The first-order chi connectivity index (χ1) is 15.5. The Bertz CT molecular complexity index is 1070. The fraction of sp³-hybridized carbons (Fsp3) is 0.294. The van der Waals surface area contributed by atoms with Gasteiger partial charge in [-0.25, -0.2) is 19.7 Å². The fourth-order valence-electron chi connectivity index (χ4n) is 2.59. The quantitative estimate of drug-likeness (QED) is 0.230. The summed E-state index contributed by atoms with van der Waals surface area (Å²) in [6, 6.07) is 7.79. The number of hydrazone groups is 1. The number of benzene rings is 1. The van der Waals surface area contributed by atoms with Crippen molar-refractivity contribution in [2.24, 2.45) is 15.4 Å². The first-order valence-corrected chi connectivity index (χ1v) is 9.54. The van der Waals surface area contributed by atoms with Gasteiger partial charge in [-0.05, 0) is 52.2 Å². The summed E-state index contributed by atoms with van der Waals surface area (Å²) in [5.74, 6) is -0.832. The van der Waals surface area contributed by atoms with Gasteiger partial charge in [-0.15, -0.1) is 5.11 Å². The number of carbonyl (C=O) groups is 1. The Morgan fingerprint density at radius 1 is 1.06 bits per heavy atom. The Morgan fingerprint density at radius 3 is 2.34 bits per heavy atom. The highest BCUT2D eigenvalue weighted by atomic mass is 16.6. The molecular weight excluding hydrogens is 420 g/mol. The van der Waals surface area contributed by atoms with Gasteiger partial charge in [-0.2, -0.15) is 5.10 Å². The summed E-state index contributed by atoms with van der Waals surface area (Å²) in [5, 5.41) is 26.5. The van der Waals surface area contributed by atoms with E-state index in [1.54, 1.807) is 0 Å². The number of nitrogen functional groups attached to an aromatic ring is 2. The molecule has 0 bridgehead atoms. The molecule has 0 aliphatic rings. The predicted octanol–water partition coefficient (Wildman–Crippen LogP) is 1.12. The number of nitrogens with two attached hydrogens (primary N) is 2. The second kappa shape index (κ2) is 10.5. The summed E-state index contributed by atoms with van der Waals surface area (Å²) in [6.45, 7) is 5.67. The van der Waals surface area contributed by atoms with Gasteiger partial charge in [0.1, 0.15) is 6.54 Å². The van der Waals surface area contributed by atoms with Crippen LogP contribution in [-0.4, -0.2) is 52.4 Å². The highest BCUT2D eigenvalue weighted by molar-refractivity contribution is 5.85. The van der Waals surface area contributed by atoms with Crippen LogP contribution in [0.25, 0.3) is 0 Å². The maximum Gasteiger partial charge on any atom is 0.263 e. The minimum atomic E-state index is -0.534. The third-order valence-corrected chi connectivity index (χ3v) is 4.20. The maximum atomic E-state index is 12.3. The van der Waals surface area contributed by atoms with Gasteiger partial charge in [0.2, 0.25) is 17.5 Å². The molecule has 3 aromatic rings. The van der Waals surface area contributed by atoms with E-state index < -0.39 is 5.91 Å². The minimum Gasteiger partial charge on any atom is -0.378 e. The van der Waals surface area contributed by atoms with E-state index in [0.29, 0.717) is 0 Å². The van der Waals surface area contributed by atoms with Crippen molar-refractivity contribution in [2.75, 3.05) is 41.0 Å². The largest absolute Gasteiger partial charge is 0.378 e. The Hall–Kier alpha value is -4.56. The van der Waals surface area contributed by atoms with Crippen molar-refractivity contribution in [3.63, 3.8) is 0 Å². The van der Waals surface area contributed by atoms with Crippen molar-refractivity contribution < 1.29 is 14.1 Å². The third-order valence-electron chi connectivity index (χ3n) is 4.20. The van der Waals surface area contributed by atoms with Crippen molar-refractivity contribution in [1.29, 1.82) is 0 Å². The molecule has 2 heterocycles. The Balaban J connectivity index is 1.63. The lowest BCUT2D eigenvalue weighted by Crippen LogP contribution is -2.32. The van der Waals surface area contributed by atoms with Crippen LogP contribution in [0.3, 0.4) is 0 Å². The summed E-state index contributed by atoms with van der Waals surface area (Å²) in [4.78, 5) is 14.6. The van der Waals surface area contributed by atoms with Gasteiger partial charge in [0.25, 0.3) is 11.7 Å². The van der Waals surface area contributed by atoms with Crippen LogP contribution in [-0.2, 0) is 4.79 Å². The smallest absolute Gasteiger partial charge is 0.263 e. The Kier molecular flexibility index (Phi) is 7.24. The first-order valence-electron chi connectivity index (χ1n) is 9.54. The van der Waals surface area contributed by atoms with E-state index in [9.17, 15) is 4.79 Å². The van der Waals surface area contributed by atoms with Crippen molar-refractivity contribution in [3.05, 3.63) is 29.8 Å². The number of nitrogens with one attached hydrogen (secondary N) is 1. The van der Waals surface area contributed by atoms with Crippen molar-refractivity contribution >= 4 is 41.1 Å². The zero-order valence-electron chi connectivity index (χ0n) is 17.4. The van der Waals surface area contributed by atoms with Gasteiger partial charge in [-0.3, -0.25) is 4.79 Å². The van der Waals surface area contributed by atoms with Crippen molar-refractivity contribution in [1.82, 2.24) is 26.1 Å². The molecule has 0 aliphatic heterocycles. The lowest BCUT2D eigenvalue weighted by Gasteiger charge is -2.20. The molecular formula is C17H22N12O3. The number of rotatable bonds is 10. The molecule has 0 unspecified atom stereocenters. The van der Waals surface area contributed by atoms with Gasteiger partial charge < -0.3 is 16.4 Å². The number of hydrogen-bond acceptors (Lipinski definition) is 13. The van der Waals surface area contributed by atoms with Crippen LogP contribution in [0.1, 0.15) is 19.4 Å². The topological polar surface area (TPSA) is 203 Å². The SMILES string of the molecule is CCN(CC)c1ccc(C=NNC(=O)CN(N=Nc2nonc2N)c2nonc2N)cc1. The molecule has 0 radical (unpaired) electrons. The van der Waals surface area contributed by atoms with E-state index in [2.05, 4.69) is 69.5 Å². The van der Waals surface area contributed by atoms with E-state index in [1.807, 2.05) is 24.3 Å². The summed E-state index contributed by atoms with van der Waals surface area (Å²) in [5.41, 5.74) is 15.5. The molecule has 0 saturated heterocycles. The molecule has 5 N–H and O–H groups in total. The van der Waals surface area contributed by atoms with Gasteiger partial charge in [0.05, 0.1) is 6.21 Å². The molecule has 3 rings (SSSR count). The number of anilines is 4. The van der Waals surface area contributed by atoms with Crippen LogP contribution in [0.5, 0.6) is 0 Å². The van der Waals surface area contributed by atoms with Crippen molar-refractivity contribution in [3.8, 4) is 0 Å². The van der Waals surface area contributed by atoms with Crippen LogP contribution >= 0.6 is 0 Å². The van der Waals surface area contributed by atoms with Gasteiger partial charge in [-0.1, -0.05) is 17.4 Å². The summed E-state index contributed by atoms with van der Waals surface area (Å²) < 4.78 is 8.98. The zero-order chi connectivity index (χ0) is 22.9. The monoisotopic (exact) mass is 442 g/mol. The molecule has 0 atom stereocenters. The lowest BCUT2D eigenvalue weighted by molar-refractivity contribution is -0.119. The molecule has 0 saturated carbocycles. The van der Waals surface area contributed by atoms with E-state index in [1.165, 1.54) is 6.21 Å². The number of aromatic nitrogens is 4. The molecule has 32 heavy (non-hydrogen) atoms. The molecule has 15 heteroatoms. The molecule has 1 amide bonds. The van der Waals surface area contributed by atoms with E-state index in [0.717, 1.165) is 29.3 Å². The number of carbonyl (C=O) groups excluding carboxylic acids is 1. The summed E-state index contributed by atoms with van der Waals surface area (Å²) in [7, 11) is 0. The highest BCUT2D eigenvalue weighted by Gasteiger charge is 2.19. The van der Waals surface area contributed by atoms with Crippen molar-refractivity contribution in [2.45, 2.75) is 13.8 Å². The minimum absolute atomic E-state index is 0.0325. The second-order valence-electron chi connectivity index (χ2n) is 6.25. The van der Waals surface area contributed by atoms with Gasteiger partial charge in [0, 0.05) is 18.8 Å². The van der Waals surface area contributed by atoms with Gasteiger partial charge >= 0.3 is 0 Å². The Labute approximate surface area is 182 Å². The molecule has 0 aliphatic carbocycles. The number of amides is 1.